The van der Waals surface area contributed by atoms with Crippen LogP contribution in [0, 0.1) is 13.8 Å². The van der Waals surface area contributed by atoms with Crippen LogP contribution in [0.2, 0.25) is 5.02 Å². The molecule has 8 heteroatoms. The van der Waals surface area contributed by atoms with E-state index in [1.165, 1.54) is 0 Å². The second kappa shape index (κ2) is 8.41. The number of carbonyl (C=O) groups excluding carboxylic acids is 1. The van der Waals surface area contributed by atoms with Crippen molar-refractivity contribution in [3.63, 3.8) is 0 Å². The molecular weight excluding hydrogens is 442 g/mol. The molecule has 0 saturated carbocycles. The first-order valence-corrected chi connectivity index (χ1v) is 11.6. The smallest absolute Gasteiger partial charge is 0.252 e. The summed E-state index contributed by atoms with van der Waals surface area (Å²) in [6, 6.07) is 19.6. The van der Waals surface area contributed by atoms with Gasteiger partial charge in [-0.25, -0.2) is 9.97 Å². The van der Waals surface area contributed by atoms with E-state index in [0.29, 0.717) is 22.5 Å². The molecule has 1 aliphatic rings. The molecule has 160 valence electrons. The highest BCUT2D eigenvalue weighted by atomic mass is 35.5. The molecule has 1 amide bonds. The van der Waals surface area contributed by atoms with Gasteiger partial charge in [0.1, 0.15) is 5.82 Å². The lowest BCUT2D eigenvalue weighted by Gasteiger charge is -2.16. The van der Waals surface area contributed by atoms with Crippen molar-refractivity contribution in [2.75, 3.05) is 11.1 Å². The summed E-state index contributed by atoms with van der Waals surface area (Å²) in [6.45, 7) is 3.84. The van der Waals surface area contributed by atoms with Crippen LogP contribution in [0.25, 0.3) is 17.2 Å². The number of nitrogens with zero attached hydrogens (tertiary/aromatic N) is 4. The third-order valence-corrected chi connectivity index (χ3v) is 6.69. The molecule has 2 aromatic carbocycles. The number of aromatic nitrogens is 4. The molecule has 32 heavy (non-hydrogen) atoms. The van der Waals surface area contributed by atoms with Gasteiger partial charge in [-0.3, -0.25) is 4.79 Å². The molecule has 0 aliphatic carbocycles. The molecule has 0 saturated heterocycles. The number of rotatable bonds is 3. The van der Waals surface area contributed by atoms with Gasteiger partial charge in [-0.15, -0.1) is 11.8 Å². The van der Waals surface area contributed by atoms with Gasteiger partial charge < -0.3 is 5.32 Å². The van der Waals surface area contributed by atoms with E-state index in [9.17, 15) is 4.79 Å². The number of carbonyl (C=O) groups is 1. The Kier molecular flexibility index (Phi) is 5.45. The van der Waals surface area contributed by atoms with Crippen molar-refractivity contribution < 1.29 is 4.79 Å². The second-order valence-corrected chi connectivity index (χ2v) is 9.16. The van der Waals surface area contributed by atoms with Gasteiger partial charge in [-0.05, 0) is 37.6 Å². The van der Waals surface area contributed by atoms with Gasteiger partial charge in [0.15, 0.2) is 0 Å². The minimum Gasteiger partial charge on any atom is -0.309 e. The largest absolute Gasteiger partial charge is 0.309 e. The number of anilines is 1. The number of amides is 1. The molecule has 0 spiro atoms. The molecule has 0 bridgehead atoms. The Bertz CT molecular complexity index is 1300. The Labute approximate surface area is 195 Å². The lowest BCUT2D eigenvalue weighted by Crippen LogP contribution is -2.17. The van der Waals surface area contributed by atoms with E-state index in [4.69, 9.17) is 16.7 Å². The van der Waals surface area contributed by atoms with Crippen LogP contribution in [0.15, 0.2) is 60.7 Å². The predicted octanol–water partition coefficient (Wildman–Crippen LogP) is 5.37. The number of nitrogens with one attached hydrogen (secondary N) is 1. The van der Waals surface area contributed by atoms with Crippen LogP contribution < -0.4 is 5.32 Å². The second-order valence-electron chi connectivity index (χ2n) is 7.63. The van der Waals surface area contributed by atoms with Gasteiger partial charge in [0.25, 0.3) is 5.95 Å². The zero-order valence-electron chi connectivity index (χ0n) is 17.5. The number of halogens is 1. The summed E-state index contributed by atoms with van der Waals surface area (Å²) >= 11 is 7.88. The topological polar surface area (TPSA) is 72.7 Å². The molecule has 0 fully saturated rings. The Balaban J connectivity index is 1.81. The van der Waals surface area contributed by atoms with E-state index in [-0.39, 0.29) is 11.2 Å². The summed E-state index contributed by atoms with van der Waals surface area (Å²) in [5.41, 5.74) is 5.33. The van der Waals surface area contributed by atoms with Crippen molar-refractivity contribution in [3.05, 3.63) is 88.2 Å². The number of fused-ring (bicyclic) bond motifs is 1. The Morgan fingerprint density at radius 2 is 1.78 bits per heavy atom. The lowest BCUT2D eigenvalue weighted by molar-refractivity contribution is -0.113. The zero-order chi connectivity index (χ0) is 22.2. The van der Waals surface area contributed by atoms with E-state index >= 15 is 0 Å². The first-order valence-electron chi connectivity index (χ1n) is 10.2. The SMILES string of the molecule is Cc1cc(C)nc(-n2nc(-c3ccccc3)c3c2NC(=O)CS[C@@H]3c2cccc(Cl)c2)n1. The maximum absolute atomic E-state index is 12.7. The number of aryl methyl sites for hydroxylation is 2. The molecule has 6 nitrogen and oxygen atoms in total. The molecule has 0 unspecified atom stereocenters. The molecule has 3 heterocycles. The molecule has 1 atom stereocenters. The standard InChI is InChI=1S/C24H20ClN5OS/c1-14-11-15(2)27-24(26-14)30-23-20(21(29-30)16-7-4-3-5-8-16)22(32-13-19(31)28-23)17-9-6-10-18(25)12-17/h3-12,22H,13H2,1-2H3,(H,28,31)/t22-/m1/s1. The number of hydrogen-bond acceptors (Lipinski definition) is 5. The van der Waals surface area contributed by atoms with Crippen LogP contribution in [0.1, 0.15) is 27.8 Å². The lowest BCUT2D eigenvalue weighted by atomic mass is 10.00. The average molecular weight is 462 g/mol. The quantitative estimate of drug-likeness (QED) is 0.443. The number of thioether (sulfide) groups is 1. The first-order chi connectivity index (χ1) is 15.5. The Morgan fingerprint density at radius 3 is 2.50 bits per heavy atom. The van der Waals surface area contributed by atoms with E-state index in [1.54, 1.807) is 16.4 Å². The van der Waals surface area contributed by atoms with Crippen LogP contribution in [-0.2, 0) is 4.79 Å². The fourth-order valence-electron chi connectivity index (χ4n) is 3.90. The summed E-state index contributed by atoms with van der Waals surface area (Å²) in [5, 5.41) is 8.49. The maximum atomic E-state index is 12.7. The molecule has 2 aromatic heterocycles. The third kappa shape index (κ3) is 3.89. The van der Waals surface area contributed by atoms with Gasteiger partial charge in [0.05, 0.1) is 16.7 Å². The minimum absolute atomic E-state index is 0.0917. The van der Waals surface area contributed by atoms with Crippen LogP contribution in [0.5, 0.6) is 0 Å². The third-order valence-electron chi connectivity index (χ3n) is 5.18. The van der Waals surface area contributed by atoms with Crippen molar-refractivity contribution in [1.29, 1.82) is 0 Å². The highest BCUT2D eigenvalue weighted by molar-refractivity contribution is 8.00. The van der Waals surface area contributed by atoms with Crippen molar-refractivity contribution in [2.45, 2.75) is 19.1 Å². The number of hydrogen-bond donors (Lipinski definition) is 1. The molecule has 4 aromatic rings. The predicted molar refractivity (Wildman–Crippen MR) is 128 cm³/mol. The fourth-order valence-corrected chi connectivity index (χ4v) is 5.22. The summed E-state index contributed by atoms with van der Waals surface area (Å²) < 4.78 is 1.65. The highest BCUT2D eigenvalue weighted by Gasteiger charge is 2.33. The normalized spacial score (nSPS) is 15.7. The molecular formula is C24H20ClN5OS. The van der Waals surface area contributed by atoms with E-state index in [2.05, 4.69) is 15.3 Å². The molecule has 1 N–H and O–H groups in total. The van der Waals surface area contributed by atoms with Crippen molar-refractivity contribution in [1.82, 2.24) is 19.7 Å². The molecule has 5 rings (SSSR count). The summed E-state index contributed by atoms with van der Waals surface area (Å²) in [7, 11) is 0. The van der Waals surface area contributed by atoms with E-state index in [0.717, 1.165) is 33.8 Å². The van der Waals surface area contributed by atoms with Gasteiger partial charge >= 0.3 is 0 Å². The monoisotopic (exact) mass is 461 g/mol. The van der Waals surface area contributed by atoms with Gasteiger partial charge in [-0.1, -0.05) is 54.1 Å². The van der Waals surface area contributed by atoms with E-state index < -0.39 is 0 Å². The van der Waals surface area contributed by atoms with Crippen LogP contribution >= 0.6 is 23.4 Å². The summed E-state index contributed by atoms with van der Waals surface area (Å²) in [5.74, 6) is 1.24. The van der Waals surface area contributed by atoms with Crippen molar-refractivity contribution in [3.8, 4) is 17.2 Å². The van der Waals surface area contributed by atoms with Gasteiger partial charge in [0.2, 0.25) is 5.91 Å². The van der Waals surface area contributed by atoms with Gasteiger partial charge in [0, 0.05) is 27.5 Å². The molecule has 0 radical (unpaired) electrons. The summed E-state index contributed by atoms with van der Waals surface area (Å²) in [4.78, 5) is 21.9. The highest BCUT2D eigenvalue weighted by Crippen LogP contribution is 2.46. The van der Waals surface area contributed by atoms with Gasteiger partial charge in [-0.2, -0.15) is 9.78 Å². The summed E-state index contributed by atoms with van der Waals surface area (Å²) in [6.07, 6.45) is 0. The van der Waals surface area contributed by atoms with Crippen LogP contribution in [0.4, 0.5) is 5.82 Å². The zero-order valence-corrected chi connectivity index (χ0v) is 19.1. The van der Waals surface area contributed by atoms with Crippen molar-refractivity contribution >= 4 is 35.1 Å². The fraction of sp³-hybridized carbons (Fsp3) is 0.167. The van der Waals surface area contributed by atoms with Crippen LogP contribution in [-0.4, -0.2) is 31.4 Å². The Morgan fingerprint density at radius 1 is 1.03 bits per heavy atom. The average Bonchev–Trinajstić information content (AvgIpc) is 3.04. The Hall–Kier alpha value is -3.16. The number of benzene rings is 2. The van der Waals surface area contributed by atoms with E-state index in [1.807, 2.05) is 74.5 Å². The van der Waals surface area contributed by atoms with Crippen molar-refractivity contribution in [2.24, 2.45) is 0 Å². The first kappa shape index (κ1) is 20.7. The minimum atomic E-state index is -0.141. The molecule has 1 aliphatic heterocycles. The maximum Gasteiger partial charge on any atom is 0.252 e. The van der Waals surface area contributed by atoms with Crippen LogP contribution in [0.3, 0.4) is 0 Å².